The molecule has 1 aromatic rings. The summed E-state index contributed by atoms with van der Waals surface area (Å²) in [6.07, 6.45) is 0.394. The highest BCUT2D eigenvalue weighted by Gasteiger charge is 2.45. The first-order valence-corrected chi connectivity index (χ1v) is 8.52. The Morgan fingerprint density at radius 3 is 2.52 bits per heavy atom. The van der Waals surface area contributed by atoms with Crippen LogP contribution in [0.5, 0.6) is 0 Å². The lowest BCUT2D eigenvalue weighted by atomic mass is 9.86. The molecule has 1 N–H and O–H groups in total. The topological polar surface area (TPSA) is 69.7 Å². The number of carbonyl (C=O) groups is 3. The quantitative estimate of drug-likeness (QED) is 0.667. The summed E-state index contributed by atoms with van der Waals surface area (Å²) in [6.45, 7) is 10.7. The molecule has 3 rings (SSSR count). The zero-order valence-corrected chi connectivity index (χ0v) is 15.4. The number of nitrogens with one attached hydrogen (secondary N) is 1. The van der Waals surface area contributed by atoms with Gasteiger partial charge in [0.15, 0.2) is 6.29 Å². The second-order valence-corrected chi connectivity index (χ2v) is 8.14. The summed E-state index contributed by atoms with van der Waals surface area (Å²) < 4.78 is 0. The van der Waals surface area contributed by atoms with Crippen molar-refractivity contribution in [1.82, 2.24) is 5.32 Å². The van der Waals surface area contributed by atoms with E-state index in [1.54, 1.807) is 11.8 Å². The van der Waals surface area contributed by atoms with Crippen LogP contribution >= 0.6 is 0 Å². The number of ketones is 1. The van der Waals surface area contributed by atoms with Gasteiger partial charge in [0.25, 0.3) is 0 Å². The van der Waals surface area contributed by atoms with Crippen molar-refractivity contribution in [1.29, 1.82) is 0 Å². The summed E-state index contributed by atoms with van der Waals surface area (Å²) in [5, 5.41) is 3.29. The fraction of sp³-hybridized carbons (Fsp3) is 0.526. The number of nitrogens with zero attached hydrogens (tertiary/aromatic N) is 2. The molecule has 134 valence electrons. The van der Waals surface area contributed by atoms with Gasteiger partial charge in [0, 0.05) is 35.8 Å². The van der Waals surface area contributed by atoms with Crippen LogP contribution in [0.3, 0.4) is 0 Å². The van der Waals surface area contributed by atoms with Gasteiger partial charge >= 0.3 is 0 Å². The number of benzene rings is 1. The Hall–Kier alpha value is -2.21. The Morgan fingerprint density at radius 1 is 1.24 bits per heavy atom. The average Bonchev–Trinajstić information content (AvgIpc) is 3.00. The van der Waals surface area contributed by atoms with E-state index in [0.29, 0.717) is 19.5 Å². The van der Waals surface area contributed by atoms with E-state index in [4.69, 9.17) is 0 Å². The van der Waals surface area contributed by atoms with Crippen molar-refractivity contribution in [2.24, 2.45) is 0 Å². The van der Waals surface area contributed by atoms with E-state index in [2.05, 4.69) is 19.2 Å². The molecule has 1 atom stereocenters. The SMILES string of the molecule is CC(=O)N1CC(C)(C)c2ccc(N3CNC(C)(C)C3C(=O)C=O)cc21. The van der Waals surface area contributed by atoms with Crippen LogP contribution in [0.1, 0.15) is 40.2 Å². The number of aldehydes is 1. The maximum Gasteiger partial charge on any atom is 0.223 e. The lowest BCUT2D eigenvalue weighted by Crippen LogP contribution is -2.50. The Balaban J connectivity index is 2.05. The number of amides is 1. The summed E-state index contributed by atoms with van der Waals surface area (Å²) in [5.74, 6) is -0.441. The molecule has 0 saturated carbocycles. The number of Topliss-reactive ketones (excluding diaryl/α,β-unsaturated/α-hetero) is 1. The number of carbonyl (C=O) groups excluding carboxylic acids is 3. The van der Waals surface area contributed by atoms with Crippen LogP contribution in [0.2, 0.25) is 0 Å². The zero-order chi connectivity index (χ0) is 18.6. The Bertz CT molecular complexity index is 754. The summed E-state index contributed by atoms with van der Waals surface area (Å²) in [5.41, 5.74) is 2.23. The molecule has 2 heterocycles. The van der Waals surface area contributed by atoms with E-state index >= 15 is 0 Å². The largest absolute Gasteiger partial charge is 0.346 e. The first-order chi connectivity index (χ1) is 11.6. The molecule has 0 aliphatic carbocycles. The summed E-state index contributed by atoms with van der Waals surface area (Å²) in [6, 6.07) is 5.39. The van der Waals surface area contributed by atoms with Crippen molar-refractivity contribution in [3.05, 3.63) is 23.8 Å². The van der Waals surface area contributed by atoms with Gasteiger partial charge < -0.3 is 9.80 Å². The number of hydrogen-bond donors (Lipinski definition) is 1. The first kappa shape index (κ1) is 17.6. The molecule has 1 fully saturated rings. The normalized spacial score (nSPS) is 23.5. The lowest BCUT2D eigenvalue weighted by molar-refractivity contribution is -0.131. The third-order valence-electron chi connectivity index (χ3n) is 5.35. The van der Waals surface area contributed by atoms with E-state index < -0.39 is 17.4 Å². The number of rotatable bonds is 3. The van der Waals surface area contributed by atoms with Gasteiger partial charge in [0.2, 0.25) is 11.7 Å². The third kappa shape index (κ3) is 2.74. The summed E-state index contributed by atoms with van der Waals surface area (Å²) >= 11 is 0. The number of fused-ring (bicyclic) bond motifs is 1. The van der Waals surface area contributed by atoms with Crippen LogP contribution in [0.15, 0.2) is 18.2 Å². The van der Waals surface area contributed by atoms with Crippen molar-refractivity contribution >= 4 is 29.4 Å². The van der Waals surface area contributed by atoms with Crippen molar-refractivity contribution in [2.75, 3.05) is 23.0 Å². The van der Waals surface area contributed by atoms with Gasteiger partial charge in [-0.05, 0) is 31.5 Å². The fourth-order valence-electron chi connectivity index (χ4n) is 4.02. The zero-order valence-electron chi connectivity index (χ0n) is 15.4. The molecular weight excluding hydrogens is 318 g/mol. The molecule has 2 aliphatic rings. The van der Waals surface area contributed by atoms with Gasteiger partial charge in [-0.3, -0.25) is 19.7 Å². The van der Waals surface area contributed by atoms with Gasteiger partial charge in [-0.25, -0.2) is 0 Å². The number of hydrogen-bond acceptors (Lipinski definition) is 5. The third-order valence-corrected chi connectivity index (χ3v) is 5.35. The number of anilines is 2. The molecule has 6 heteroatoms. The van der Waals surface area contributed by atoms with Crippen molar-refractivity contribution < 1.29 is 14.4 Å². The van der Waals surface area contributed by atoms with Crippen molar-refractivity contribution in [3.8, 4) is 0 Å². The Morgan fingerprint density at radius 2 is 1.92 bits per heavy atom. The predicted octanol–water partition coefficient (Wildman–Crippen LogP) is 1.61. The van der Waals surface area contributed by atoms with Gasteiger partial charge in [-0.2, -0.15) is 0 Å². The summed E-state index contributed by atoms with van der Waals surface area (Å²) in [7, 11) is 0. The molecule has 2 aliphatic heterocycles. The molecule has 6 nitrogen and oxygen atoms in total. The van der Waals surface area contributed by atoms with Crippen LogP contribution in [-0.4, -0.2) is 42.8 Å². The molecule has 1 amide bonds. The standard InChI is InChI=1S/C19H25N3O3/c1-12(24)21-10-18(2,3)14-7-6-13(8-15(14)21)22-11-20-19(4,5)17(22)16(25)9-23/h6-9,17,20H,10-11H2,1-5H3. The summed E-state index contributed by atoms with van der Waals surface area (Å²) in [4.78, 5) is 39.1. The first-order valence-electron chi connectivity index (χ1n) is 8.52. The lowest BCUT2D eigenvalue weighted by Gasteiger charge is -2.30. The highest BCUT2D eigenvalue weighted by molar-refractivity contribution is 6.29. The molecule has 1 unspecified atom stereocenters. The molecule has 0 radical (unpaired) electrons. The molecule has 0 spiro atoms. The van der Waals surface area contributed by atoms with Gasteiger partial charge in [0.1, 0.15) is 6.04 Å². The van der Waals surface area contributed by atoms with Gasteiger partial charge in [-0.15, -0.1) is 0 Å². The maximum absolute atomic E-state index is 12.2. The minimum Gasteiger partial charge on any atom is -0.346 e. The molecule has 0 bridgehead atoms. The minimum atomic E-state index is -0.566. The van der Waals surface area contributed by atoms with Crippen LogP contribution in [0.4, 0.5) is 11.4 Å². The second-order valence-electron chi connectivity index (χ2n) is 8.14. The van der Waals surface area contributed by atoms with E-state index in [1.165, 1.54) is 0 Å². The molecule has 25 heavy (non-hydrogen) atoms. The van der Waals surface area contributed by atoms with Crippen LogP contribution in [0, 0.1) is 0 Å². The fourth-order valence-corrected chi connectivity index (χ4v) is 4.02. The van der Waals surface area contributed by atoms with Crippen LogP contribution < -0.4 is 15.1 Å². The van der Waals surface area contributed by atoms with Crippen molar-refractivity contribution in [3.63, 3.8) is 0 Å². The van der Waals surface area contributed by atoms with Gasteiger partial charge in [-0.1, -0.05) is 19.9 Å². The molecule has 0 aromatic heterocycles. The second kappa shape index (κ2) is 5.66. The highest BCUT2D eigenvalue weighted by atomic mass is 16.2. The Labute approximate surface area is 148 Å². The monoisotopic (exact) mass is 343 g/mol. The van der Waals surface area contributed by atoms with E-state index in [-0.39, 0.29) is 11.3 Å². The van der Waals surface area contributed by atoms with Crippen LogP contribution in [-0.2, 0) is 19.8 Å². The van der Waals surface area contributed by atoms with E-state index in [1.807, 2.05) is 36.9 Å². The van der Waals surface area contributed by atoms with Crippen LogP contribution in [0.25, 0.3) is 0 Å². The minimum absolute atomic E-state index is 0.00405. The highest BCUT2D eigenvalue weighted by Crippen LogP contribution is 2.43. The van der Waals surface area contributed by atoms with E-state index in [0.717, 1.165) is 16.9 Å². The Kier molecular flexibility index (Phi) is 3.99. The van der Waals surface area contributed by atoms with Gasteiger partial charge in [0.05, 0.1) is 6.67 Å². The average molecular weight is 343 g/mol. The maximum atomic E-state index is 12.2. The molecule has 1 saturated heterocycles. The van der Waals surface area contributed by atoms with E-state index in [9.17, 15) is 14.4 Å². The van der Waals surface area contributed by atoms with Crippen molar-refractivity contribution in [2.45, 2.75) is 51.6 Å². The molecule has 1 aromatic carbocycles. The molecular formula is C19H25N3O3. The predicted molar refractivity (Wildman–Crippen MR) is 96.9 cm³/mol. The smallest absolute Gasteiger partial charge is 0.223 e.